The first kappa shape index (κ1) is 26.5. The molecule has 0 spiro atoms. The van der Waals surface area contributed by atoms with Gasteiger partial charge in [-0.1, -0.05) is 25.2 Å². The van der Waals surface area contributed by atoms with Crippen LogP contribution in [0.3, 0.4) is 0 Å². The van der Waals surface area contributed by atoms with Gasteiger partial charge in [-0.2, -0.15) is 13.2 Å². The van der Waals surface area contributed by atoms with Gasteiger partial charge in [0.2, 0.25) is 11.9 Å². The van der Waals surface area contributed by atoms with E-state index in [1.54, 1.807) is 24.5 Å². The van der Waals surface area contributed by atoms with E-state index in [1.807, 2.05) is 21.9 Å². The summed E-state index contributed by atoms with van der Waals surface area (Å²) in [4.78, 5) is 34.7. The van der Waals surface area contributed by atoms with Crippen molar-refractivity contribution in [2.24, 2.45) is 10.9 Å². The first-order chi connectivity index (χ1) is 19.3. The first-order valence-electron chi connectivity index (χ1n) is 13.7. The van der Waals surface area contributed by atoms with Gasteiger partial charge in [-0.25, -0.2) is 15.0 Å². The Balaban J connectivity index is 1.11. The molecule has 2 fully saturated rings. The van der Waals surface area contributed by atoms with E-state index in [2.05, 4.69) is 37.8 Å². The molecule has 3 unspecified atom stereocenters. The summed E-state index contributed by atoms with van der Waals surface area (Å²) in [5.74, 6) is 1.50. The molecule has 1 aromatic rings. The minimum Gasteiger partial charge on any atom is -0.338 e. The predicted molar refractivity (Wildman–Crippen MR) is 146 cm³/mol. The number of amides is 1. The molecule has 0 saturated carbocycles. The van der Waals surface area contributed by atoms with Gasteiger partial charge in [-0.05, 0) is 36.3 Å². The minimum atomic E-state index is -4.46. The fraction of sp³-hybridized carbons (Fsp3) is 0.448. The standard InChI is InChI=1S/C29H32F3N7O/c1-20-23-9-12-38(26-6-3-2-5-21(18-35-26)29(30,31)32)25(23)8-7-24(20)39-19-22(17-27(39)40)36-13-15-37(16-14-36)28-33-10-4-11-34-28/h2-8,10-11,18,20,22,24H,9,12-17,19H2,1H3. The van der Waals surface area contributed by atoms with Crippen molar-refractivity contribution in [1.29, 1.82) is 0 Å². The molecule has 0 radical (unpaired) electrons. The van der Waals surface area contributed by atoms with Crippen LogP contribution in [-0.4, -0.2) is 94.3 Å². The predicted octanol–water partition coefficient (Wildman–Crippen LogP) is 3.70. The molecule has 2 saturated heterocycles. The highest BCUT2D eigenvalue weighted by molar-refractivity contribution is 5.82. The van der Waals surface area contributed by atoms with E-state index in [0.29, 0.717) is 25.3 Å². The molecule has 210 valence electrons. The number of piperazine rings is 1. The summed E-state index contributed by atoms with van der Waals surface area (Å²) in [6, 6.07) is 1.96. The molecule has 5 heterocycles. The van der Waals surface area contributed by atoms with Gasteiger partial charge in [0.1, 0.15) is 5.82 Å². The molecule has 40 heavy (non-hydrogen) atoms. The molecular weight excluding hydrogens is 519 g/mol. The number of anilines is 1. The highest BCUT2D eigenvalue weighted by atomic mass is 19.4. The van der Waals surface area contributed by atoms with Crippen LogP contribution in [0.5, 0.6) is 0 Å². The number of halogens is 3. The van der Waals surface area contributed by atoms with Crippen molar-refractivity contribution in [3.63, 3.8) is 0 Å². The lowest BCUT2D eigenvalue weighted by Crippen LogP contribution is -2.52. The van der Waals surface area contributed by atoms with Crippen LogP contribution in [0.4, 0.5) is 19.1 Å². The SMILES string of the molecule is CC1C2=C(C=CC1N1CC(N3CCN(c4ncccn4)CC3)CC1=O)N(C1=CC=CC=C(C(F)(F)F)C=N1)CC2. The van der Waals surface area contributed by atoms with E-state index in [9.17, 15) is 18.0 Å². The largest absolute Gasteiger partial charge is 0.417 e. The van der Waals surface area contributed by atoms with Crippen molar-refractivity contribution in [2.75, 3.05) is 44.2 Å². The van der Waals surface area contributed by atoms with Crippen molar-refractivity contribution in [3.05, 3.63) is 77.6 Å². The average molecular weight is 552 g/mol. The summed E-state index contributed by atoms with van der Waals surface area (Å²) < 4.78 is 39.7. The number of allylic oxidation sites excluding steroid dienone is 6. The van der Waals surface area contributed by atoms with E-state index in [0.717, 1.165) is 56.5 Å². The van der Waals surface area contributed by atoms with Gasteiger partial charge >= 0.3 is 6.18 Å². The lowest BCUT2D eigenvalue weighted by Gasteiger charge is -2.39. The van der Waals surface area contributed by atoms with Gasteiger partial charge in [0, 0.05) is 82.0 Å². The summed E-state index contributed by atoms with van der Waals surface area (Å²) in [5, 5.41) is 0. The molecule has 0 aromatic carbocycles. The molecule has 4 aliphatic heterocycles. The second-order valence-electron chi connectivity index (χ2n) is 10.7. The van der Waals surface area contributed by atoms with E-state index in [1.165, 1.54) is 11.6 Å². The molecule has 0 bridgehead atoms. The van der Waals surface area contributed by atoms with Gasteiger partial charge in [-0.15, -0.1) is 0 Å². The molecule has 1 aliphatic carbocycles. The van der Waals surface area contributed by atoms with Crippen molar-refractivity contribution in [3.8, 4) is 0 Å². The molecule has 6 rings (SSSR count). The van der Waals surface area contributed by atoms with Gasteiger partial charge in [-0.3, -0.25) is 9.69 Å². The third-order valence-electron chi connectivity index (χ3n) is 8.47. The molecule has 5 aliphatic rings. The maximum Gasteiger partial charge on any atom is 0.417 e. The lowest BCUT2D eigenvalue weighted by molar-refractivity contribution is -0.129. The number of carbonyl (C=O) groups is 1. The highest BCUT2D eigenvalue weighted by Crippen LogP contribution is 2.40. The van der Waals surface area contributed by atoms with Crippen LogP contribution in [0.15, 0.2) is 82.6 Å². The zero-order chi connectivity index (χ0) is 27.9. The van der Waals surface area contributed by atoms with E-state index >= 15 is 0 Å². The van der Waals surface area contributed by atoms with Crippen molar-refractivity contribution < 1.29 is 18.0 Å². The Bertz CT molecular complexity index is 1320. The molecule has 8 nitrogen and oxygen atoms in total. The van der Waals surface area contributed by atoms with Crippen LogP contribution >= 0.6 is 0 Å². The smallest absolute Gasteiger partial charge is 0.338 e. The van der Waals surface area contributed by atoms with Crippen LogP contribution < -0.4 is 4.90 Å². The fourth-order valence-electron chi connectivity index (χ4n) is 6.32. The number of likely N-dealkylation sites (tertiary alicyclic amines) is 1. The highest BCUT2D eigenvalue weighted by Gasteiger charge is 2.42. The summed E-state index contributed by atoms with van der Waals surface area (Å²) in [7, 11) is 0. The molecule has 3 atom stereocenters. The number of hydrogen-bond acceptors (Lipinski definition) is 7. The summed E-state index contributed by atoms with van der Waals surface area (Å²) >= 11 is 0. The Morgan fingerprint density at radius 2 is 1.75 bits per heavy atom. The maximum absolute atomic E-state index is 13.2. The van der Waals surface area contributed by atoms with E-state index in [4.69, 9.17) is 0 Å². The molecule has 0 N–H and O–H groups in total. The summed E-state index contributed by atoms with van der Waals surface area (Å²) in [6.07, 6.45) is 11.1. The molecule has 1 amide bonds. The van der Waals surface area contributed by atoms with Crippen LogP contribution in [0.25, 0.3) is 0 Å². The Morgan fingerprint density at radius 3 is 2.50 bits per heavy atom. The molecule has 11 heteroatoms. The van der Waals surface area contributed by atoms with Gasteiger partial charge < -0.3 is 14.7 Å². The van der Waals surface area contributed by atoms with Crippen molar-refractivity contribution in [2.45, 2.75) is 38.0 Å². The van der Waals surface area contributed by atoms with Gasteiger partial charge in [0.25, 0.3) is 0 Å². The van der Waals surface area contributed by atoms with E-state index in [-0.39, 0.29) is 23.9 Å². The molecule has 1 aromatic heterocycles. The maximum atomic E-state index is 13.2. The summed E-state index contributed by atoms with van der Waals surface area (Å²) in [6.45, 7) is 6.85. The lowest BCUT2D eigenvalue weighted by atomic mass is 9.86. The third-order valence-corrected chi connectivity index (χ3v) is 8.47. The van der Waals surface area contributed by atoms with Crippen molar-refractivity contribution >= 4 is 18.1 Å². The van der Waals surface area contributed by atoms with E-state index < -0.39 is 11.7 Å². The zero-order valence-corrected chi connectivity index (χ0v) is 22.3. The minimum absolute atomic E-state index is 0.0373. The second-order valence-corrected chi connectivity index (χ2v) is 10.7. The third kappa shape index (κ3) is 5.10. The Hall–Kier alpha value is -3.73. The number of alkyl halides is 3. The topological polar surface area (TPSA) is 68.2 Å². The quantitative estimate of drug-likeness (QED) is 0.569. The number of rotatable bonds is 4. The second kappa shape index (κ2) is 10.7. The first-order valence-corrected chi connectivity index (χ1v) is 13.7. The van der Waals surface area contributed by atoms with Crippen LogP contribution in [-0.2, 0) is 4.79 Å². The average Bonchev–Trinajstić information content (AvgIpc) is 3.53. The van der Waals surface area contributed by atoms with Crippen LogP contribution in [0.2, 0.25) is 0 Å². The van der Waals surface area contributed by atoms with Crippen molar-refractivity contribution in [1.82, 2.24) is 24.7 Å². The molecular formula is C29H32F3N7O. The van der Waals surface area contributed by atoms with Crippen LogP contribution in [0.1, 0.15) is 19.8 Å². The number of aliphatic imine (C=N–C) groups is 1. The fourth-order valence-corrected chi connectivity index (χ4v) is 6.32. The number of hydrogen-bond donors (Lipinski definition) is 0. The Labute approximate surface area is 231 Å². The zero-order valence-electron chi connectivity index (χ0n) is 22.3. The summed E-state index contributed by atoms with van der Waals surface area (Å²) in [5.41, 5.74) is 1.40. The number of aromatic nitrogens is 2. The Kier molecular flexibility index (Phi) is 7.07. The number of carbonyl (C=O) groups excluding carboxylic acids is 1. The number of nitrogens with zero attached hydrogens (tertiary/aromatic N) is 7. The van der Waals surface area contributed by atoms with Gasteiger partial charge in [0.05, 0.1) is 11.6 Å². The van der Waals surface area contributed by atoms with Gasteiger partial charge in [0.15, 0.2) is 0 Å². The Morgan fingerprint density at radius 1 is 1.00 bits per heavy atom. The monoisotopic (exact) mass is 551 g/mol. The normalized spacial score (nSPS) is 27.6. The van der Waals surface area contributed by atoms with Crippen LogP contribution in [0, 0.1) is 5.92 Å².